The monoisotopic (exact) mass is 208 g/mol. The largest absolute Gasteiger partial charge is 0.487 e. The zero-order valence-electron chi connectivity index (χ0n) is 8.05. The van der Waals surface area contributed by atoms with E-state index in [0.717, 1.165) is 6.04 Å². The van der Waals surface area contributed by atoms with Crippen molar-refractivity contribution in [1.29, 1.82) is 0 Å². The smallest absolute Gasteiger partial charge is 0.337 e. The summed E-state index contributed by atoms with van der Waals surface area (Å²) in [5.41, 5.74) is 0. The van der Waals surface area contributed by atoms with Crippen molar-refractivity contribution < 1.29 is 13.6 Å². The Labute approximate surface area is 80.3 Å². The zero-order valence-corrected chi connectivity index (χ0v) is 9.86. The van der Waals surface area contributed by atoms with Gasteiger partial charge in [0, 0.05) is 27.2 Å². The number of thiocarbonyl (C=S) groups is 1. The third-order valence-electron chi connectivity index (χ3n) is 1.73. The molecule has 0 aromatic heterocycles. The maximum atomic E-state index is 5.26. The molecule has 12 heavy (non-hydrogen) atoms. The van der Waals surface area contributed by atoms with Gasteiger partial charge in [0.2, 0.25) is 0 Å². The maximum absolute atomic E-state index is 5.26. The summed E-state index contributed by atoms with van der Waals surface area (Å²) in [6.45, 7) is 4.34. The Kier molecular flexibility index (Phi) is 5.65. The fourth-order valence-electron chi connectivity index (χ4n) is 0.668. The molecule has 0 saturated heterocycles. The highest BCUT2D eigenvalue weighted by molar-refractivity contribution is 7.80. The minimum Gasteiger partial charge on any atom is -0.487 e. The van der Waals surface area contributed by atoms with Crippen molar-refractivity contribution in [2.24, 2.45) is 0 Å². The molecule has 0 rings (SSSR count). The van der Waals surface area contributed by atoms with Crippen LogP contribution >= 0.6 is 12.2 Å². The van der Waals surface area contributed by atoms with Crippen molar-refractivity contribution in [2.45, 2.75) is 19.5 Å². The predicted molar refractivity (Wildman–Crippen MR) is 54.7 cm³/mol. The summed E-state index contributed by atoms with van der Waals surface area (Å²) in [5, 5.41) is 0.568. The van der Waals surface area contributed by atoms with Crippen LogP contribution in [0.1, 0.15) is 6.92 Å². The summed E-state index contributed by atoms with van der Waals surface area (Å²) in [5.74, 6) is 0. The molecule has 3 nitrogen and oxygen atoms in total. The Bertz CT molecular complexity index is 148. The van der Waals surface area contributed by atoms with Crippen LogP contribution in [-0.4, -0.2) is 34.4 Å². The summed E-state index contributed by atoms with van der Waals surface area (Å²) < 4.78 is 15.7. The van der Waals surface area contributed by atoms with Crippen LogP contribution in [0.25, 0.3) is 0 Å². The molecule has 0 saturated carbocycles. The molecule has 0 atom stereocenters. The minimum absolute atomic E-state index is 0.568. The first-order valence-corrected chi connectivity index (χ1v) is 6.71. The van der Waals surface area contributed by atoms with E-state index in [1.165, 1.54) is 0 Å². The molecule has 0 fully saturated rings. The quantitative estimate of drug-likeness (QED) is 0.508. The average molecular weight is 208 g/mol. The van der Waals surface area contributed by atoms with E-state index in [9.17, 15) is 0 Å². The second-order valence-corrected chi connectivity index (χ2v) is 6.79. The van der Waals surface area contributed by atoms with E-state index in [1.807, 2.05) is 6.55 Å². The van der Waals surface area contributed by atoms with Gasteiger partial charge in [0.25, 0.3) is 0 Å². The second kappa shape index (κ2) is 5.63. The van der Waals surface area contributed by atoms with E-state index < -0.39 is 8.56 Å². The lowest BCUT2D eigenvalue weighted by Crippen LogP contribution is -2.37. The predicted octanol–water partition coefficient (Wildman–Crippen LogP) is 1.72. The number of ether oxygens (including phenoxy) is 1. The molecule has 0 aromatic rings. The lowest BCUT2D eigenvalue weighted by atomic mass is 10.8. The van der Waals surface area contributed by atoms with Gasteiger partial charge in [-0.05, 0) is 18.8 Å². The van der Waals surface area contributed by atoms with E-state index in [4.69, 9.17) is 25.8 Å². The molecule has 0 amide bonds. The number of hydrogen-bond donors (Lipinski definition) is 0. The normalized spacial score (nSPS) is 11.3. The van der Waals surface area contributed by atoms with Crippen LogP contribution in [0.4, 0.5) is 0 Å². The van der Waals surface area contributed by atoms with Gasteiger partial charge < -0.3 is 13.6 Å². The van der Waals surface area contributed by atoms with Crippen LogP contribution in [0.3, 0.4) is 0 Å². The van der Waals surface area contributed by atoms with Gasteiger partial charge in [-0.1, -0.05) is 0 Å². The topological polar surface area (TPSA) is 27.7 Å². The minimum atomic E-state index is -1.95. The molecule has 0 aliphatic carbocycles. The first kappa shape index (κ1) is 12.0. The summed E-state index contributed by atoms with van der Waals surface area (Å²) in [7, 11) is 1.38. The molecule has 0 unspecified atom stereocenters. The third-order valence-corrected chi connectivity index (χ3v) is 4.68. The molecule has 0 aliphatic heterocycles. The van der Waals surface area contributed by atoms with Crippen molar-refractivity contribution in [1.82, 2.24) is 0 Å². The van der Waals surface area contributed by atoms with Gasteiger partial charge in [-0.2, -0.15) is 0 Å². The van der Waals surface area contributed by atoms with E-state index in [-0.39, 0.29) is 0 Å². The van der Waals surface area contributed by atoms with Gasteiger partial charge in [0.05, 0.1) is 6.61 Å². The molecular weight excluding hydrogens is 192 g/mol. The molecule has 0 aromatic carbocycles. The third kappa shape index (κ3) is 4.81. The highest BCUT2D eigenvalue weighted by Crippen LogP contribution is 2.10. The Morgan fingerprint density at radius 1 is 1.33 bits per heavy atom. The molecule has 0 bridgehead atoms. The molecule has 0 heterocycles. The Morgan fingerprint density at radius 3 is 2.17 bits per heavy atom. The van der Waals surface area contributed by atoms with Gasteiger partial charge in [-0.15, -0.1) is 0 Å². The van der Waals surface area contributed by atoms with Crippen molar-refractivity contribution in [3.63, 3.8) is 0 Å². The van der Waals surface area contributed by atoms with Gasteiger partial charge >= 0.3 is 8.56 Å². The molecule has 72 valence electrons. The molecular formula is C7H16O3SSi. The summed E-state index contributed by atoms with van der Waals surface area (Å²) >= 11 is 4.77. The highest BCUT2D eigenvalue weighted by atomic mass is 32.1. The SMILES string of the molecule is CO[Si](C)(CCOC(C)=S)OC. The maximum Gasteiger partial charge on any atom is 0.337 e. The van der Waals surface area contributed by atoms with Gasteiger partial charge in [0.15, 0.2) is 5.05 Å². The summed E-state index contributed by atoms with van der Waals surface area (Å²) in [4.78, 5) is 0. The van der Waals surface area contributed by atoms with Crippen LogP contribution < -0.4 is 0 Å². The van der Waals surface area contributed by atoms with Crippen LogP contribution in [0.5, 0.6) is 0 Å². The van der Waals surface area contributed by atoms with Gasteiger partial charge in [0.1, 0.15) is 0 Å². The Hall–Kier alpha value is 0.0269. The number of hydrogen-bond acceptors (Lipinski definition) is 4. The van der Waals surface area contributed by atoms with Crippen molar-refractivity contribution in [3.05, 3.63) is 0 Å². The van der Waals surface area contributed by atoms with Crippen LogP contribution in [0.15, 0.2) is 0 Å². The lowest BCUT2D eigenvalue weighted by Gasteiger charge is -2.22. The van der Waals surface area contributed by atoms with Crippen molar-refractivity contribution in [3.8, 4) is 0 Å². The van der Waals surface area contributed by atoms with E-state index in [0.29, 0.717) is 11.7 Å². The van der Waals surface area contributed by atoms with E-state index in [1.54, 1.807) is 21.1 Å². The van der Waals surface area contributed by atoms with Crippen molar-refractivity contribution in [2.75, 3.05) is 20.8 Å². The van der Waals surface area contributed by atoms with Gasteiger partial charge in [-0.3, -0.25) is 0 Å². The summed E-state index contributed by atoms with van der Waals surface area (Å²) in [6, 6.07) is 0.800. The molecule has 0 radical (unpaired) electrons. The zero-order chi connectivity index (χ0) is 9.61. The molecule has 0 aliphatic rings. The standard InChI is InChI=1S/C7H16O3SSi/c1-7(11)10-5-6-12(4,8-2)9-3/h5-6H2,1-4H3. The van der Waals surface area contributed by atoms with E-state index >= 15 is 0 Å². The van der Waals surface area contributed by atoms with Crippen LogP contribution in [0, 0.1) is 0 Å². The fourth-order valence-corrected chi connectivity index (χ4v) is 1.80. The van der Waals surface area contributed by atoms with Crippen LogP contribution in [0.2, 0.25) is 12.6 Å². The first-order valence-electron chi connectivity index (χ1n) is 3.78. The van der Waals surface area contributed by atoms with Crippen LogP contribution in [-0.2, 0) is 13.6 Å². The molecule has 0 N–H and O–H groups in total. The summed E-state index contributed by atoms with van der Waals surface area (Å²) in [6.07, 6.45) is 0. The number of rotatable bonds is 5. The molecule has 5 heteroatoms. The molecule has 0 spiro atoms. The van der Waals surface area contributed by atoms with E-state index in [2.05, 4.69) is 0 Å². The average Bonchev–Trinajstić information content (AvgIpc) is 2.03. The Balaban J connectivity index is 3.65. The fraction of sp³-hybridized carbons (Fsp3) is 0.857. The second-order valence-electron chi connectivity index (χ2n) is 2.63. The van der Waals surface area contributed by atoms with Gasteiger partial charge in [-0.25, -0.2) is 0 Å². The van der Waals surface area contributed by atoms with Crippen molar-refractivity contribution >= 4 is 25.8 Å². The highest BCUT2D eigenvalue weighted by Gasteiger charge is 2.28. The Morgan fingerprint density at radius 2 is 1.83 bits per heavy atom. The first-order chi connectivity index (χ1) is 5.54. The lowest BCUT2D eigenvalue weighted by molar-refractivity contribution is 0.233.